The lowest BCUT2D eigenvalue weighted by Gasteiger charge is -2.08. The van der Waals surface area contributed by atoms with Crippen LogP contribution in [0.4, 0.5) is 0 Å². The maximum Gasteiger partial charge on any atom is 0.219 e. The van der Waals surface area contributed by atoms with Crippen LogP contribution in [0, 0.1) is 5.92 Å². The Morgan fingerprint density at radius 1 is 1.18 bits per heavy atom. The predicted octanol–water partition coefficient (Wildman–Crippen LogP) is 4.12. The zero-order valence-corrected chi connectivity index (χ0v) is 12.2. The average Bonchev–Trinajstić information content (AvgIpc) is 2.34. The first-order valence-corrected chi connectivity index (χ1v) is 7.56. The molecule has 3 heteroatoms. The Balaban J connectivity index is 3.23. The van der Waals surface area contributed by atoms with Gasteiger partial charge in [-0.1, -0.05) is 39.5 Å². The van der Waals surface area contributed by atoms with Gasteiger partial charge in [0, 0.05) is 18.8 Å². The Hall–Kier alpha value is -0.240. The van der Waals surface area contributed by atoms with Gasteiger partial charge in [0.1, 0.15) is 0 Å². The first kappa shape index (κ1) is 16.8. The van der Waals surface area contributed by atoms with Crippen LogP contribution in [0.2, 0.25) is 0 Å². The summed E-state index contributed by atoms with van der Waals surface area (Å²) in [7, 11) is 0. The molecule has 0 fully saturated rings. The van der Waals surface area contributed by atoms with E-state index in [4.69, 9.17) is 11.6 Å². The van der Waals surface area contributed by atoms with Crippen LogP contribution in [-0.2, 0) is 4.79 Å². The van der Waals surface area contributed by atoms with Crippen molar-refractivity contribution < 1.29 is 4.79 Å². The largest absolute Gasteiger partial charge is 0.356 e. The summed E-state index contributed by atoms with van der Waals surface area (Å²) in [6.45, 7) is 5.14. The third-order valence-corrected chi connectivity index (χ3v) is 3.49. The number of halogens is 1. The van der Waals surface area contributed by atoms with Crippen LogP contribution in [0.1, 0.15) is 65.2 Å². The molecule has 1 unspecified atom stereocenters. The maximum absolute atomic E-state index is 11.5. The second-order valence-electron chi connectivity index (χ2n) is 4.92. The summed E-state index contributed by atoms with van der Waals surface area (Å²) in [6, 6.07) is 0. The van der Waals surface area contributed by atoms with Gasteiger partial charge >= 0.3 is 0 Å². The zero-order valence-electron chi connectivity index (χ0n) is 11.4. The molecule has 0 aliphatic carbocycles. The fourth-order valence-electron chi connectivity index (χ4n) is 1.73. The molecule has 0 aliphatic heterocycles. The van der Waals surface area contributed by atoms with E-state index in [2.05, 4.69) is 19.2 Å². The van der Waals surface area contributed by atoms with Crippen LogP contribution in [0.15, 0.2) is 0 Å². The van der Waals surface area contributed by atoms with Crippen molar-refractivity contribution in [2.75, 3.05) is 12.4 Å². The molecular weight excluding hydrogens is 234 g/mol. The highest BCUT2D eigenvalue weighted by Gasteiger charge is 2.02. The highest BCUT2D eigenvalue weighted by atomic mass is 35.5. The molecule has 0 aromatic rings. The Morgan fingerprint density at radius 3 is 2.53 bits per heavy atom. The summed E-state index contributed by atoms with van der Waals surface area (Å²) in [6.07, 6.45) is 8.85. The molecular formula is C14H28ClNO. The van der Waals surface area contributed by atoms with Crippen LogP contribution in [0.25, 0.3) is 0 Å². The van der Waals surface area contributed by atoms with Gasteiger partial charge in [-0.25, -0.2) is 0 Å². The van der Waals surface area contributed by atoms with Crippen molar-refractivity contribution in [3.8, 4) is 0 Å². The molecule has 0 spiro atoms. The lowest BCUT2D eigenvalue weighted by atomic mass is 10.1. The summed E-state index contributed by atoms with van der Waals surface area (Å²) in [5.74, 6) is 1.48. The number of carbonyl (C=O) groups excluding carboxylic acids is 1. The Kier molecular flexibility index (Phi) is 12.1. The molecule has 102 valence electrons. The van der Waals surface area contributed by atoms with Crippen molar-refractivity contribution in [2.24, 2.45) is 5.92 Å². The van der Waals surface area contributed by atoms with Gasteiger partial charge in [-0.05, 0) is 25.2 Å². The Morgan fingerprint density at radius 2 is 1.88 bits per heavy atom. The van der Waals surface area contributed by atoms with Gasteiger partial charge in [-0.2, -0.15) is 0 Å². The molecule has 0 rings (SSSR count). The van der Waals surface area contributed by atoms with Crippen molar-refractivity contribution in [3.05, 3.63) is 0 Å². The lowest BCUT2D eigenvalue weighted by Crippen LogP contribution is -2.24. The van der Waals surface area contributed by atoms with E-state index in [9.17, 15) is 4.79 Å². The zero-order chi connectivity index (χ0) is 12.9. The monoisotopic (exact) mass is 261 g/mol. The van der Waals surface area contributed by atoms with Crippen LogP contribution in [0.5, 0.6) is 0 Å². The Bertz CT molecular complexity index is 185. The van der Waals surface area contributed by atoms with Crippen molar-refractivity contribution in [1.29, 1.82) is 0 Å². The van der Waals surface area contributed by atoms with E-state index in [1.807, 2.05) is 0 Å². The molecule has 1 amide bonds. The van der Waals surface area contributed by atoms with E-state index < -0.39 is 0 Å². The van der Waals surface area contributed by atoms with Crippen molar-refractivity contribution >= 4 is 17.5 Å². The normalized spacial score (nSPS) is 12.4. The molecule has 0 aliphatic rings. The SMILES string of the molecule is CCCCCCCC(=O)NCCCC(C)CCl. The summed E-state index contributed by atoms with van der Waals surface area (Å²) in [5, 5.41) is 2.97. The molecule has 17 heavy (non-hydrogen) atoms. The summed E-state index contributed by atoms with van der Waals surface area (Å²) < 4.78 is 0. The summed E-state index contributed by atoms with van der Waals surface area (Å²) in [4.78, 5) is 11.5. The van der Waals surface area contributed by atoms with E-state index >= 15 is 0 Å². The van der Waals surface area contributed by atoms with Crippen molar-refractivity contribution in [2.45, 2.75) is 65.2 Å². The first-order valence-electron chi connectivity index (χ1n) is 7.03. The summed E-state index contributed by atoms with van der Waals surface area (Å²) in [5.41, 5.74) is 0. The topological polar surface area (TPSA) is 29.1 Å². The van der Waals surface area contributed by atoms with Gasteiger partial charge in [0.15, 0.2) is 0 Å². The molecule has 0 saturated heterocycles. The Labute approximate surface area is 111 Å². The minimum Gasteiger partial charge on any atom is -0.356 e. The number of nitrogens with one attached hydrogen (secondary N) is 1. The second kappa shape index (κ2) is 12.2. The van der Waals surface area contributed by atoms with E-state index in [1.54, 1.807) is 0 Å². The number of hydrogen-bond donors (Lipinski definition) is 1. The minimum atomic E-state index is 0.208. The van der Waals surface area contributed by atoms with Crippen molar-refractivity contribution in [1.82, 2.24) is 5.32 Å². The van der Waals surface area contributed by atoms with Gasteiger partial charge in [-0.3, -0.25) is 4.79 Å². The second-order valence-corrected chi connectivity index (χ2v) is 5.22. The highest BCUT2D eigenvalue weighted by Crippen LogP contribution is 2.07. The van der Waals surface area contributed by atoms with Crippen LogP contribution >= 0.6 is 11.6 Å². The number of rotatable bonds is 11. The molecule has 0 aromatic heterocycles. The van der Waals surface area contributed by atoms with Gasteiger partial charge in [0.25, 0.3) is 0 Å². The van der Waals surface area contributed by atoms with E-state index in [0.717, 1.165) is 25.8 Å². The molecule has 0 saturated carbocycles. The van der Waals surface area contributed by atoms with E-state index in [0.29, 0.717) is 18.2 Å². The molecule has 0 bridgehead atoms. The average molecular weight is 262 g/mol. The van der Waals surface area contributed by atoms with Crippen LogP contribution in [0.3, 0.4) is 0 Å². The molecule has 1 N–H and O–H groups in total. The molecule has 2 nitrogen and oxygen atoms in total. The van der Waals surface area contributed by atoms with Gasteiger partial charge in [0.2, 0.25) is 5.91 Å². The number of unbranched alkanes of at least 4 members (excludes halogenated alkanes) is 4. The summed E-state index contributed by atoms with van der Waals surface area (Å²) >= 11 is 5.72. The molecule has 0 radical (unpaired) electrons. The lowest BCUT2D eigenvalue weighted by molar-refractivity contribution is -0.121. The highest BCUT2D eigenvalue weighted by molar-refractivity contribution is 6.18. The quantitative estimate of drug-likeness (QED) is 0.440. The smallest absolute Gasteiger partial charge is 0.219 e. The number of alkyl halides is 1. The minimum absolute atomic E-state index is 0.208. The van der Waals surface area contributed by atoms with Gasteiger partial charge in [0.05, 0.1) is 0 Å². The number of carbonyl (C=O) groups is 1. The third kappa shape index (κ3) is 12.0. The van der Waals surface area contributed by atoms with E-state index in [-0.39, 0.29) is 5.91 Å². The van der Waals surface area contributed by atoms with E-state index in [1.165, 1.54) is 25.7 Å². The number of amides is 1. The van der Waals surface area contributed by atoms with Crippen LogP contribution < -0.4 is 5.32 Å². The fourth-order valence-corrected chi connectivity index (χ4v) is 1.89. The maximum atomic E-state index is 11.5. The molecule has 1 atom stereocenters. The molecule has 0 heterocycles. The fraction of sp³-hybridized carbons (Fsp3) is 0.929. The van der Waals surface area contributed by atoms with Crippen LogP contribution in [-0.4, -0.2) is 18.3 Å². The van der Waals surface area contributed by atoms with Gasteiger partial charge in [-0.15, -0.1) is 11.6 Å². The van der Waals surface area contributed by atoms with Gasteiger partial charge < -0.3 is 5.32 Å². The van der Waals surface area contributed by atoms with Crippen molar-refractivity contribution in [3.63, 3.8) is 0 Å². The first-order chi connectivity index (χ1) is 8.20. The molecule has 0 aromatic carbocycles. The number of hydrogen-bond acceptors (Lipinski definition) is 1. The predicted molar refractivity (Wildman–Crippen MR) is 75.5 cm³/mol. The standard InChI is InChI=1S/C14H28ClNO/c1-3-4-5-6-7-10-14(17)16-11-8-9-13(2)12-15/h13H,3-12H2,1-2H3,(H,16,17). The third-order valence-electron chi connectivity index (χ3n) is 2.97.